The fourth-order valence-electron chi connectivity index (χ4n) is 1.42. The van der Waals surface area contributed by atoms with Crippen LogP contribution in [-0.2, 0) is 25.6 Å². The van der Waals surface area contributed by atoms with E-state index < -0.39 is 23.5 Å². The Morgan fingerprint density at radius 2 is 2.19 bits per heavy atom. The Labute approximate surface area is 129 Å². The Hall–Kier alpha value is -1.90. The number of esters is 2. The molecule has 0 bridgehead atoms. The third-order valence-electron chi connectivity index (χ3n) is 2.50. The number of anilines is 1. The maximum Gasteiger partial charge on any atom is 0.328 e. The second-order valence-electron chi connectivity index (χ2n) is 4.03. The molecule has 0 fully saturated rings. The van der Waals surface area contributed by atoms with Gasteiger partial charge >= 0.3 is 11.9 Å². The molecule has 1 aromatic rings. The summed E-state index contributed by atoms with van der Waals surface area (Å²) < 4.78 is 10.4. The third kappa shape index (κ3) is 4.55. The minimum atomic E-state index is -0.640. The summed E-state index contributed by atoms with van der Waals surface area (Å²) >= 11 is 3.12. The van der Waals surface area contributed by atoms with Crippen molar-refractivity contribution in [3.8, 4) is 0 Å². The van der Waals surface area contributed by atoms with Crippen LogP contribution in [0.15, 0.2) is 15.5 Å². The molecule has 1 rings (SSSR count). The Kier molecular flexibility index (Phi) is 6.35. The Morgan fingerprint density at radius 1 is 1.52 bits per heavy atom. The summed E-state index contributed by atoms with van der Waals surface area (Å²) in [5, 5.41) is 6.66. The molecule has 1 heterocycles. The highest BCUT2D eigenvalue weighted by Gasteiger charge is 2.17. The average molecular weight is 362 g/mol. The molecule has 9 heteroatoms. The lowest BCUT2D eigenvalue weighted by Gasteiger charge is -2.15. The van der Waals surface area contributed by atoms with Crippen molar-refractivity contribution in [1.82, 2.24) is 9.78 Å². The van der Waals surface area contributed by atoms with Crippen molar-refractivity contribution in [1.29, 1.82) is 0 Å². The maximum atomic E-state index is 12.0. The molecular formula is C12H16BrN3O5. The topological polar surface area (TPSA) is 99.5 Å². The molecule has 1 N–H and O–H groups in total. The van der Waals surface area contributed by atoms with Gasteiger partial charge in [0.2, 0.25) is 0 Å². The lowest BCUT2D eigenvalue weighted by molar-refractivity contribution is -0.143. The van der Waals surface area contributed by atoms with E-state index in [0.29, 0.717) is 5.69 Å². The van der Waals surface area contributed by atoms with Gasteiger partial charge in [-0.05, 0) is 29.8 Å². The van der Waals surface area contributed by atoms with Crippen molar-refractivity contribution in [2.75, 3.05) is 19.0 Å². The van der Waals surface area contributed by atoms with Crippen LogP contribution in [0.5, 0.6) is 0 Å². The Balaban J connectivity index is 2.92. The average Bonchev–Trinajstić information content (AvgIpc) is 2.46. The molecule has 21 heavy (non-hydrogen) atoms. The minimum absolute atomic E-state index is 0.164. The van der Waals surface area contributed by atoms with Gasteiger partial charge in [0, 0.05) is 0 Å². The van der Waals surface area contributed by atoms with Gasteiger partial charge < -0.3 is 14.8 Å². The van der Waals surface area contributed by atoms with Crippen molar-refractivity contribution >= 4 is 33.6 Å². The molecule has 0 radical (unpaired) electrons. The molecule has 0 aliphatic heterocycles. The van der Waals surface area contributed by atoms with Gasteiger partial charge in [-0.2, -0.15) is 5.10 Å². The summed E-state index contributed by atoms with van der Waals surface area (Å²) in [5.74, 6) is -1.03. The van der Waals surface area contributed by atoms with E-state index in [0.717, 1.165) is 4.68 Å². The minimum Gasteiger partial charge on any atom is -0.468 e. The number of methoxy groups -OCH3 is 1. The van der Waals surface area contributed by atoms with Gasteiger partial charge in [0.05, 0.1) is 25.6 Å². The first-order valence-electron chi connectivity index (χ1n) is 6.16. The van der Waals surface area contributed by atoms with Crippen LogP contribution in [0.2, 0.25) is 0 Å². The lowest BCUT2D eigenvalue weighted by atomic mass is 10.3. The number of carbonyl (C=O) groups excluding carboxylic acids is 2. The zero-order valence-electron chi connectivity index (χ0n) is 11.9. The first-order chi connectivity index (χ1) is 9.90. The van der Waals surface area contributed by atoms with E-state index in [-0.39, 0.29) is 17.6 Å². The molecule has 0 spiro atoms. The van der Waals surface area contributed by atoms with Gasteiger partial charge in [-0.15, -0.1) is 0 Å². The molecule has 1 unspecified atom stereocenters. The molecule has 0 aromatic carbocycles. The summed E-state index contributed by atoms with van der Waals surface area (Å²) in [5.41, 5.74) is -0.178. The third-order valence-corrected chi connectivity index (χ3v) is 3.27. The number of ether oxygens (including phenoxy) is 2. The van der Waals surface area contributed by atoms with Gasteiger partial charge in [0.15, 0.2) is 0 Å². The van der Waals surface area contributed by atoms with Crippen molar-refractivity contribution in [3.05, 3.63) is 21.0 Å². The molecule has 1 atom stereocenters. The number of halogens is 1. The van der Waals surface area contributed by atoms with Crippen molar-refractivity contribution < 1.29 is 19.1 Å². The molecule has 0 aliphatic rings. The number of hydrogen-bond donors (Lipinski definition) is 1. The highest BCUT2D eigenvalue weighted by atomic mass is 79.9. The Morgan fingerprint density at radius 3 is 2.76 bits per heavy atom. The summed E-state index contributed by atoms with van der Waals surface area (Å²) in [6.07, 6.45) is 1.34. The van der Waals surface area contributed by atoms with E-state index in [1.54, 1.807) is 13.8 Å². The normalized spacial score (nSPS) is 11.6. The monoisotopic (exact) mass is 361 g/mol. The van der Waals surface area contributed by atoms with Gasteiger partial charge in [0.25, 0.3) is 5.56 Å². The Bertz CT molecular complexity index is 587. The SMILES string of the molecule is CCOC(=O)C(C)Nc1cnn(CC(=O)OC)c(=O)c1Br. The number of hydrogen-bond acceptors (Lipinski definition) is 7. The smallest absolute Gasteiger partial charge is 0.328 e. The van der Waals surface area contributed by atoms with Crippen LogP contribution in [0.1, 0.15) is 13.8 Å². The van der Waals surface area contributed by atoms with Crippen LogP contribution < -0.4 is 10.9 Å². The molecule has 116 valence electrons. The van der Waals surface area contributed by atoms with E-state index in [1.807, 2.05) is 0 Å². The van der Waals surface area contributed by atoms with E-state index in [4.69, 9.17) is 4.74 Å². The second kappa shape index (κ2) is 7.77. The predicted octanol–water partition coefficient (Wildman–Crippen LogP) is 0.542. The largest absolute Gasteiger partial charge is 0.468 e. The molecule has 1 aromatic heterocycles. The first kappa shape index (κ1) is 17.2. The lowest BCUT2D eigenvalue weighted by Crippen LogP contribution is -2.32. The summed E-state index contributed by atoms with van der Waals surface area (Å²) in [7, 11) is 1.22. The summed E-state index contributed by atoms with van der Waals surface area (Å²) in [6, 6.07) is -0.640. The van der Waals surface area contributed by atoms with Gasteiger partial charge in [-0.3, -0.25) is 9.59 Å². The summed E-state index contributed by atoms with van der Waals surface area (Å²) in [6.45, 7) is 3.28. The molecule has 0 saturated carbocycles. The van der Waals surface area contributed by atoms with Crippen LogP contribution in [0, 0.1) is 0 Å². The molecular weight excluding hydrogens is 346 g/mol. The number of rotatable bonds is 6. The molecule has 0 saturated heterocycles. The van der Waals surface area contributed by atoms with Crippen LogP contribution >= 0.6 is 15.9 Å². The first-order valence-corrected chi connectivity index (χ1v) is 6.95. The zero-order chi connectivity index (χ0) is 16.0. The standard InChI is InChI=1S/C12H16BrN3O5/c1-4-21-12(19)7(2)15-8-5-14-16(6-9(17)20-3)11(18)10(8)13/h5,7,15H,4,6H2,1-3H3. The van der Waals surface area contributed by atoms with Gasteiger partial charge in [-0.1, -0.05) is 0 Å². The van der Waals surface area contributed by atoms with E-state index in [2.05, 4.69) is 31.1 Å². The maximum absolute atomic E-state index is 12.0. The van der Waals surface area contributed by atoms with Crippen molar-refractivity contribution in [2.24, 2.45) is 0 Å². The van der Waals surface area contributed by atoms with Crippen LogP contribution in [-0.4, -0.2) is 41.5 Å². The fraction of sp³-hybridized carbons (Fsp3) is 0.500. The number of aromatic nitrogens is 2. The molecule has 0 amide bonds. The fourth-order valence-corrected chi connectivity index (χ4v) is 1.85. The second-order valence-corrected chi connectivity index (χ2v) is 4.82. The van der Waals surface area contributed by atoms with Crippen molar-refractivity contribution in [3.63, 3.8) is 0 Å². The predicted molar refractivity (Wildman–Crippen MR) is 77.9 cm³/mol. The number of carbonyl (C=O) groups is 2. The van der Waals surface area contributed by atoms with E-state index in [1.165, 1.54) is 13.3 Å². The highest BCUT2D eigenvalue weighted by molar-refractivity contribution is 9.10. The quantitative estimate of drug-likeness (QED) is 0.738. The van der Waals surface area contributed by atoms with Gasteiger partial charge in [-0.25, -0.2) is 9.48 Å². The van der Waals surface area contributed by atoms with Crippen LogP contribution in [0.25, 0.3) is 0 Å². The summed E-state index contributed by atoms with van der Waals surface area (Å²) in [4.78, 5) is 34.7. The zero-order valence-corrected chi connectivity index (χ0v) is 13.5. The highest BCUT2D eigenvalue weighted by Crippen LogP contribution is 2.17. The van der Waals surface area contributed by atoms with Crippen molar-refractivity contribution in [2.45, 2.75) is 26.4 Å². The van der Waals surface area contributed by atoms with Crippen LogP contribution in [0.3, 0.4) is 0 Å². The number of nitrogens with one attached hydrogen (secondary N) is 1. The van der Waals surface area contributed by atoms with E-state index >= 15 is 0 Å². The van der Waals surface area contributed by atoms with Gasteiger partial charge in [0.1, 0.15) is 17.1 Å². The molecule has 0 aliphatic carbocycles. The number of nitrogens with zero attached hydrogens (tertiary/aromatic N) is 2. The molecule has 8 nitrogen and oxygen atoms in total. The van der Waals surface area contributed by atoms with Crippen LogP contribution in [0.4, 0.5) is 5.69 Å². The van der Waals surface area contributed by atoms with E-state index in [9.17, 15) is 14.4 Å².